The summed E-state index contributed by atoms with van der Waals surface area (Å²) in [5, 5.41) is 10.4. The second kappa shape index (κ2) is 8.09. The summed E-state index contributed by atoms with van der Waals surface area (Å²) in [6.45, 7) is 5.47. The van der Waals surface area contributed by atoms with Gasteiger partial charge in [0, 0.05) is 5.56 Å². The molecule has 2 saturated carbocycles. The molecule has 1 aromatic carbocycles. The van der Waals surface area contributed by atoms with E-state index in [1.807, 2.05) is 6.07 Å². The van der Waals surface area contributed by atoms with Gasteiger partial charge in [0.05, 0.1) is 24.4 Å². The highest BCUT2D eigenvalue weighted by molar-refractivity contribution is 5.38. The standard InChI is InChI=1S/C22H34O3/c1-21(12-5-3-6-13-21)24-16-18-10-9-11-20(23)19(18)17-25-22(2)14-7-4-8-15-22/h9-11,23H,3-8,12-17H2,1-2H3. The SMILES string of the molecule is CC1(OCc2cccc(O)c2COC2(C)CCCCC2)CCCCC1. The molecule has 0 amide bonds. The second-order valence-corrected chi connectivity index (χ2v) is 8.51. The smallest absolute Gasteiger partial charge is 0.121 e. The maximum absolute atomic E-state index is 10.4. The van der Waals surface area contributed by atoms with E-state index in [0.717, 1.165) is 36.8 Å². The van der Waals surface area contributed by atoms with Gasteiger partial charge in [0.15, 0.2) is 0 Å². The normalized spacial score (nSPS) is 22.6. The van der Waals surface area contributed by atoms with Crippen LogP contribution in [0.1, 0.15) is 89.2 Å². The number of phenolic OH excluding ortho intramolecular Hbond substituents is 1. The van der Waals surface area contributed by atoms with Crippen LogP contribution < -0.4 is 0 Å². The monoisotopic (exact) mass is 346 g/mol. The lowest BCUT2D eigenvalue weighted by Crippen LogP contribution is -2.32. The van der Waals surface area contributed by atoms with E-state index in [1.54, 1.807) is 6.07 Å². The third-order valence-electron chi connectivity index (χ3n) is 6.21. The fraction of sp³-hybridized carbons (Fsp3) is 0.727. The van der Waals surface area contributed by atoms with E-state index in [2.05, 4.69) is 19.9 Å². The minimum Gasteiger partial charge on any atom is -0.508 e. The lowest BCUT2D eigenvalue weighted by Gasteiger charge is -2.35. The summed E-state index contributed by atoms with van der Waals surface area (Å²) in [5.74, 6) is 0.328. The molecule has 3 heteroatoms. The van der Waals surface area contributed by atoms with Crippen molar-refractivity contribution in [2.24, 2.45) is 0 Å². The number of rotatable bonds is 6. The van der Waals surface area contributed by atoms with Gasteiger partial charge in [0.2, 0.25) is 0 Å². The molecule has 3 nitrogen and oxygen atoms in total. The predicted molar refractivity (Wildman–Crippen MR) is 101 cm³/mol. The average Bonchev–Trinajstić information content (AvgIpc) is 2.60. The van der Waals surface area contributed by atoms with Crippen LogP contribution in [0, 0.1) is 0 Å². The van der Waals surface area contributed by atoms with Crippen LogP contribution in [0.15, 0.2) is 18.2 Å². The van der Waals surface area contributed by atoms with Gasteiger partial charge in [-0.05, 0) is 51.2 Å². The highest BCUT2D eigenvalue weighted by Gasteiger charge is 2.29. The van der Waals surface area contributed by atoms with Crippen molar-refractivity contribution in [2.75, 3.05) is 0 Å². The first-order valence-electron chi connectivity index (χ1n) is 10.1. The van der Waals surface area contributed by atoms with E-state index < -0.39 is 0 Å². The fourth-order valence-corrected chi connectivity index (χ4v) is 4.31. The number of aromatic hydroxyl groups is 1. The highest BCUT2D eigenvalue weighted by atomic mass is 16.5. The van der Waals surface area contributed by atoms with Crippen LogP contribution >= 0.6 is 0 Å². The maximum Gasteiger partial charge on any atom is 0.121 e. The van der Waals surface area contributed by atoms with E-state index in [-0.39, 0.29) is 11.2 Å². The van der Waals surface area contributed by atoms with Gasteiger partial charge in [-0.15, -0.1) is 0 Å². The summed E-state index contributed by atoms with van der Waals surface area (Å²) in [7, 11) is 0. The Morgan fingerprint density at radius 2 is 1.32 bits per heavy atom. The molecule has 0 bridgehead atoms. The zero-order valence-electron chi connectivity index (χ0n) is 16.0. The van der Waals surface area contributed by atoms with Gasteiger partial charge in [-0.1, -0.05) is 50.7 Å². The largest absolute Gasteiger partial charge is 0.508 e. The van der Waals surface area contributed by atoms with Crippen molar-refractivity contribution in [3.8, 4) is 5.75 Å². The summed E-state index contributed by atoms with van der Waals surface area (Å²) in [6.07, 6.45) is 12.1. The van der Waals surface area contributed by atoms with Crippen molar-refractivity contribution in [2.45, 2.75) is 102 Å². The lowest BCUT2D eigenvalue weighted by molar-refractivity contribution is -0.0744. The van der Waals surface area contributed by atoms with Crippen LogP contribution in [-0.2, 0) is 22.7 Å². The number of hydrogen-bond acceptors (Lipinski definition) is 3. The minimum atomic E-state index is -0.0476. The molecule has 2 aliphatic carbocycles. The quantitative estimate of drug-likeness (QED) is 0.700. The Hall–Kier alpha value is -1.06. The number of benzene rings is 1. The summed E-state index contributed by atoms with van der Waals surface area (Å²) in [4.78, 5) is 0. The van der Waals surface area contributed by atoms with Gasteiger partial charge in [-0.25, -0.2) is 0 Å². The third kappa shape index (κ3) is 4.98. The van der Waals surface area contributed by atoms with Gasteiger partial charge in [0.1, 0.15) is 5.75 Å². The zero-order chi connectivity index (χ0) is 17.8. The van der Waals surface area contributed by atoms with Crippen LogP contribution in [0.4, 0.5) is 0 Å². The van der Waals surface area contributed by atoms with Crippen LogP contribution in [0.5, 0.6) is 5.75 Å². The Morgan fingerprint density at radius 3 is 1.88 bits per heavy atom. The molecule has 0 atom stereocenters. The zero-order valence-corrected chi connectivity index (χ0v) is 16.0. The molecule has 0 saturated heterocycles. The average molecular weight is 347 g/mol. The summed E-state index contributed by atoms with van der Waals surface area (Å²) < 4.78 is 12.6. The molecule has 3 rings (SSSR count). The first-order chi connectivity index (χ1) is 12.0. The molecule has 1 N–H and O–H groups in total. The van der Waals surface area contributed by atoms with Crippen molar-refractivity contribution in [1.29, 1.82) is 0 Å². The molecule has 0 heterocycles. The maximum atomic E-state index is 10.4. The van der Waals surface area contributed by atoms with Gasteiger partial charge in [0.25, 0.3) is 0 Å². The van der Waals surface area contributed by atoms with E-state index in [9.17, 15) is 5.11 Å². The molecule has 0 spiro atoms. The molecule has 140 valence electrons. The Balaban J connectivity index is 1.64. The van der Waals surface area contributed by atoms with Crippen LogP contribution in [0.25, 0.3) is 0 Å². The predicted octanol–water partition coefficient (Wildman–Crippen LogP) is 5.87. The molecule has 25 heavy (non-hydrogen) atoms. The Labute approximate surface area is 152 Å². The van der Waals surface area contributed by atoms with Crippen molar-refractivity contribution < 1.29 is 14.6 Å². The van der Waals surface area contributed by atoms with Crippen molar-refractivity contribution in [1.82, 2.24) is 0 Å². The molecule has 0 aliphatic heterocycles. The summed E-state index contributed by atoms with van der Waals surface area (Å²) in [5.41, 5.74) is 1.89. The van der Waals surface area contributed by atoms with Crippen LogP contribution in [0.3, 0.4) is 0 Å². The van der Waals surface area contributed by atoms with Crippen molar-refractivity contribution >= 4 is 0 Å². The Bertz CT molecular complexity index is 554. The van der Waals surface area contributed by atoms with E-state index >= 15 is 0 Å². The van der Waals surface area contributed by atoms with Crippen molar-refractivity contribution in [3.63, 3.8) is 0 Å². The second-order valence-electron chi connectivity index (χ2n) is 8.51. The number of phenols is 1. The molecule has 1 aromatic rings. The van der Waals surface area contributed by atoms with Gasteiger partial charge in [-0.2, -0.15) is 0 Å². The molecule has 0 unspecified atom stereocenters. The van der Waals surface area contributed by atoms with E-state index in [4.69, 9.17) is 9.47 Å². The van der Waals surface area contributed by atoms with Gasteiger partial charge < -0.3 is 14.6 Å². The summed E-state index contributed by atoms with van der Waals surface area (Å²) in [6, 6.07) is 5.73. The first kappa shape index (κ1) is 18.7. The van der Waals surface area contributed by atoms with Crippen molar-refractivity contribution in [3.05, 3.63) is 29.3 Å². The van der Waals surface area contributed by atoms with E-state index in [1.165, 1.54) is 38.5 Å². The van der Waals surface area contributed by atoms with Crippen LogP contribution in [0.2, 0.25) is 0 Å². The molecule has 2 aliphatic rings. The molecule has 2 fully saturated rings. The van der Waals surface area contributed by atoms with E-state index in [0.29, 0.717) is 19.0 Å². The molecule has 0 aromatic heterocycles. The Morgan fingerprint density at radius 1 is 0.800 bits per heavy atom. The molecular formula is C22H34O3. The summed E-state index contributed by atoms with van der Waals surface area (Å²) >= 11 is 0. The molecule has 0 radical (unpaired) electrons. The topological polar surface area (TPSA) is 38.7 Å². The third-order valence-corrected chi connectivity index (χ3v) is 6.21. The first-order valence-corrected chi connectivity index (χ1v) is 10.1. The van der Waals surface area contributed by atoms with Crippen LogP contribution in [-0.4, -0.2) is 16.3 Å². The Kier molecular flexibility index (Phi) is 6.06. The fourth-order valence-electron chi connectivity index (χ4n) is 4.31. The van der Waals surface area contributed by atoms with Gasteiger partial charge >= 0.3 is 0 Å². The highest BCUT2D eigenvalue weighted by Crippen LogP contribution is 2.35. The lowest BCUT2D eigenvalue weighted by atomic mass is 9.86. The number of hydrogen-bond donors (Lipinski definition) is 1. The van der Waals surface area contributed by atoms with Gasteiger partial charge in [-0.3, -0.25) is 0 Å². The minimum absolute atomic E-state index is 0.0167. The molecular weight excluding hydrogens is 312 g/mol. The number of ether oxygens (including phenoxy) is 2.